The Labute approximate surface area is 164 Å². The van der Waals surface area contributed by atoms with E-state index < -0.39 is 15.9 Å². The first-order chi connectivity index (χ1) is 12.8. The summed E-state index contributed by atoms with van der Waals surface area (Å²) in [5.41, 5.74) is 1.57. The number of aromatic nitrogens is 1. The number of rotatable bonds is 5. The van der Waals surface area contributed by atoms with Crippen molar-refractivity contribution in [3.05, 3.63) is 46.6 Å². The Hall–Kier alpha value is -2.19. The highest BCUT2D eigenvalue weighted by atomic mass is 32.2. The van der Waals surface area contributed by atoms with Crippen molar-refractivity contribution in [2.45, 2.75) is 38.5 Å². The molecule has 2 heterocycles. The first-order valence-electron chi connectivity index (χ1n) is 8.87. The molecule has 144 valence electrons. The molecule has 1 aliphatic rings. The fourth-order valence-corrected chi connectivity index (χ4v) is 5.51. The van der Waals surface area contributed by atoms with Crippen LogP contribution in [0.5, 0.6) is 0 Å². The van der Waals surface area contributed by atoms with Gasteiger partial charge >= 0.3 is 0 Å². The molecular weight excluding hydrogens is 382 g/mol. The van der Waals surface area contributed by atoms with Gasteiger partial charge in [0, 0.05) is 23.7 Å². The van der Waals surface area contributed by atoms with Gasteiger partial charge in [-0.3, -0.25) is 14.4 Å². The summed E-state index contributed by atoms with van der Waals surface area (Å²) in [6, 6.07) is 6.90. The van der Waals surface area contributed by atoms with Gasteiger partial charge in [0.05, 0.1) is 4.90 Å². The molecule has 1 N–H and O–H groups in total. The van der Waals surface area contributed by atoms with Gasteiger partial charge < -0.3 is 0 Å². The maximum atomic E-state index is 13.1. The molecule has 0 bridgehead atoms. The second kappa shape index (κ2) is 7.44. The maximum absolute atomic E-state index is 13.1. The third-order valence-corrected chi connectivity index (χ3v) is 7.48. The van der Waals surface area contributed by atoms with Gasteiger partial charge in [-0.2, -0.15) is 0 Å². The van der Waals surface area contributed by atoms with Crippen molar-refractivity contribution >= 4 is 38.0 Å². The molecule has 0 fully saturated rings. The van der Waals surface area contributed by atoms with Crippen LogP contribution in [0.3, 0.4) is 0 Å². The lowest BCUT2D eigenvalue weighted by Gasteiger charge is -2.33. The van der Waals surface area contributed by atoms with E-state index in [0.29, 0.717) is 10.7 Å². The van der Waals surface area contributed by atoms with Gasteiger partial charge in [0.15, 0.2) is 5.13 Å². The highest BCUT2D eigenvalue weighted by molar-refractivity contribution is 7.89. The summed E-state index contributed by atoms with van der Waals surface area (Å²) in [5.74, 6) is -0.380. The van der Waals surface area contributed by atoms with E-state index in [4.69, 9.17) is 0 Å². The van der Waals surface area contributed by atoms with Crippen LogP contribution in [0.2, 0.25) is 0 Å². The average molecular weight is 406 g/mol. The van der Waals surface area contributed by atoms with E-state index in [2.05, 4.69) is 10.3 Å². The van der Waals surface area contributed by atoms with Crippen LogP contribution in [-0.4, -0.2) is 30.7 Å². The van der Waals surface area contributed by atoms with E-state index >= 15 is 0 Å². The Balaban J connectivity index is 2.22. The minimum atomic E-state index is -3.79. The molecule has 8 heteroatoms. The van der Waals surface area contributed by atoms with Gasteiger partial charge in [-0.25, -0.2) is 13.4 Å². The van der Waals surface area contributed by atoms with Crippen LogP contribution in [0.25, 0.3) is 5.57 Å². The van der Waals surface area contributed by atoms with Crippen LogP contribution in [0.1, 0.15) is 37.1 Å². The first-order valence-corrected chi connectivity index (χ1v) is 11.1. The van der Waals surface area contributed by atoms with Crippen LogP contribution >= 0.6 is 11.3 Å². The van der Waals surface area contributed by atoms with Crippen molar-refractivity contribution in [3.8, 4) is 0 Å². The monoisotopic (exact) mass is 405 g/mol. The number of hydrogen-bond donors (Lipinski definition) is 1. The van der Waals surface area contributed by atoms with Crippen molar-refractivity contribution in [1.29, 1.82) is 0 Å². The van der Waals surface area contributed by atoms with Crippen molar-refractivity contribution < 1.29 is 13.2 Å². The highest BCUT2D eigenvalue weighted by Crippen LogP contribution is 2.42. The molecule has 0 unspecified atom stereocenters. The van der Waals surface area contributed by atoms with Gasteiger partial charge in [0.2, 0.25) is 0 Å². The van der Waals surface area contributed by atoms with E-state index in [-0.39, 0.29) is 16.5 Å². The molecular formula is C19H23N3O3S2. The number of carbonyl (C=O) groups is 1. The van der Waals surface area contributed by atoms with Crippen molar-refractivity contribution in [1.82, 2.24) is 9.29 Å². The Kier molecular flexibility index (Phi) is 5.39. The Bertz CT molecular complexity index is 1000. The number of carbonyl (C=O) groups excluding carboxylic acids is 1. The number of sulfonamides is 1. The van der Waals surface area contributed by atoms with E-state index in [1.54, 1.807) is 24.4 Å². The summed E-state index contributed by atoms with van der Waals surface area (Å²) in [5, 5.41) is 3.23. The predicted octanol–water partition coefficient (Wildman–Crippen LogP) is 3.87. The number of amides is 1. The van der Waals surface area contributed by atoms with Gasteiger partial charge in [0.1, 0.15) is 5.70 Å². The quantitative estimate of drug-likeness (QED) is 0.819. The van der Waals surface area contributed by atoms with Crippen LogP contribution < -0.4 is 5.32 Å². The molecule has 1 aromatic heterocycles. The molecule has 1 aromatic carbocycles. The van der Waals surface area contributed by atoms with Crippen LogP contribution in [-0.2, 0) is 14.8 Å². The fourth-order valence-electron chi connectivity index (χ4n) is 3.42. The van der Waals surface area contributed by atoms with E-state index in [1.807, 2.05) is 26.8 Å². The number of nitrogens with one attached hydrogen (secondary N) is 1. The molecule has 27 heavy (non-hydrogen) atoms. The number of thiazole rings is 1. The lowest BCUT2D eigenvalue weighted by atomic mass is 9.86. The minimum absolute atomic E-state index is 0.0721. The van der Waals surface area contributed by atoms with Gasteiger partial charge in [-0.15, -0.1) is 11.3 Å². The molecule has 0 aliphatic carbocycles. The molecule has 0 saturated carbocycles. The second-order valence-electron chi connectivity index (χ2n) is 6.47. The molecule has 0 radical (unpaired) electrons. The van der Waals surface area contributed by atoms with Crippen molar-refractivity contribution in [2.24, 2.45) is 5.92 Å². The maximum Gasteiger partial charge on any atom is 0.275 e. The number of nitrogens with zero attached hydrogens (tertiary/aromatic N) is 2. The Morgan fingerprint density at radius 3 is 2.52 bits per heavy atom. The van der Waals surface area contributed by atoms with E-state index in [9.17, 15) is 13.2 Å². The molecule has 6 nitrogen and oxygen atoms in total. The molecule has 0 atom stereocenters. The summed E-state index contributed by atoms with van der Waals surface area (Å²) < 4.78 is 27.1. The predicted molar refractivity (Wildman–Crippen MR) is 108 cm³/mol. The second-order valence-corrected chi connectivity index (χ2v) is 9.65. The van der Waals surface area contributed by atoms with Crippen LogP contribution in [0.15, 0.2) is 41.1 Å². The normalized spacial score (nSPS) is 15.8. The lowest BCUT2D eigenvalue weighted by Crippen LogP contribution is -2.38. The highest BCUT2D eigenvalue weighted by Gasteiger charge is 2.39. The van der Waals surface area contributed by atoms with Crippen molar-refractivity contribution in [2.75, 3.05) is 12.4 Å². The zero-order chi connectivity index (χ0) is 19.8. The first kappa shape index (κ1) is 19.6. The Morgan fingerprint density at radius 2 is 1.93 bits per heavy atom. The number of hydrogen-bond acceptors (Lipinski definition) is 5. The molecule has 1 aliphatic heterocycles. The number of fused-ring (bicyclic) bond motifs is 1. The minimum Gasteiger partial charge on any atom is -0.297 e. The summed E-state index contributed by atoms with van der Waals surface area (Å²) in [7, 11) is -2.35. The third kappa shape index (κ3) is 3.39. The molecule has 3 rings (SSSR count). The van der Waals surface area contributed by atoms with E-state index in [0.717, 1.165) is 27.6 Å². The van der Waals surface area contributed by atoms with Crippen molar-refractivity contribution in [3.63, 3.8) is 0 Å². The topological polar surface area (TPSA) is 79.4 Å². The SMILES string of the molecule is CCC(CC)C1=C(C(=O)Nc2ncc(C)s2)N(C)S(=O)(=O)c2ccccc21. The standard InChI is InChI=1S/C19H23N3O3S2/c1-5-13(6-2)16-14-9-7-8-10-15(14)27(24,25)22(4)17(16)18(23)21-19-20-11-12(3)26-19/h7-11,13H,5-6H2,1-4H3,(H,20,21,23). The summed E-state index contributed by atoms with van der Waals surface area (Å²) in [6.45, 7) is 5.99. The molecule has 1 amide bonds. The van der Waals surface area contributed by atoms with Gasteiger partial charge in [-0.1, -0.05) is 32.0 Å². The number of anilines is 1. The van der Waals surface area contributed by atoms with Crippen LogP contribution in [0, 0.1) is 12.8 Å². The van der Waals surface area contributed by atoms with E-state index in [1.165, 1.54) is 18.4 Å². The zero-order valence-electron chi connectivity index (χ0n) is 15.8. The smallest absolute Gasteiger partial charge is 0.275 e. The molecule has 2 aromatic rings. The summed E-state index contributed by atoms with van der Waals surface area (Å²) in [6.07, 6.45) is 3.29. The number of benzene rings is 1. The number of likely N-dealkylation sites (N-methyl/N-ethyl adjacent to an activating group) is 1. The summed E-state index contributed by atoms with van der Waals surface area (Å²) >= 11 is 1.35. The van der Waals surface area contributed by atoms with Gasteiger partial charge in [0.25, 0.3) is 15.9 Å². The molecule has 0 spiro atoms. The van der Waals surface area contributed by atoms with Gasteiger partial charge in [-0.05, 0) is 37.3 Å². The third-order valence-electron chi connectivity index (χ3n) is 4.84. The number of allylic oxidation sites excluding steroid dienone is 1. The zero-order valence-corrected chi connectivity index (χ0v) is 17.4. The Morgan fingerprint density at radius 1 is 1.26 bits per heavy atom. The van der Waals surface area contributed by atoms with Crippen LogP contribution in [0.4, 0.5) is 5.13 Å². The summed E-state index contributed by atoms with van der Waals surface area (Å²) in [4.78, 5) is 18.5. The average Bonchev–Trinajstić information content (AvgIpc) is 3.05. The number of aryl methyl sites for hydroxylation is 1. The lowest BCUT2D eigenvalue weighted by molar-refractivity contribution is -0.113. The fraction of sp³-hybridized carbons (Fsp3) is 0.368. The largest absolute Gasteiger partial charge is 0.297 e. The molecule has 0 saturated heterocycles.